The Balaban J connectivity index is 1.47. The maximum Gasteiger partial charge on any atom is 0.220 e. The second kappa shape index (κ2) is 7.74. The number of hydrogen-bond acceptors (Lipinski definition) is 4. The van der Waals surface area contributed by atoms with E-state index in [-0.39, 0.29) is 30.7 Å². The summed E-state index contributed by atoms with van der Waals surface area (Å²) >= 11 is 0. The molecule has 0 spiro atoms. The predicted octanol–water partition coefficient (Wildman–Crippen LogP) is 2.90. The number of carbonyl (C=O) groups is 1. The summed E-state index contributed by atoms with van der Waals surface area (Å²) in [4.78, 5) is 12.1. The zero-order valence-corrected chi connectivity index (χ0v) is 13.9. The number of carbonyl (C=O) groups excluding carboxylic acids is 1. The highest BCUT2D eigenvalue weighted by Gasteiger charge is 2.15. The van der Waals surface area contributed by atoms with Gasteiger partial charge in [0.25, 0.3) is 0 Å². The molecule has 0 saturated carbocycles. The summed E-state index contributed by atoms with van der Waals surface area (Å²) in [7, 11) is 0. The molecule has 0 radical (unpaired) electrons. The Labute approximate surface area is 144 Å². The van der Waals surface area contributed by atoms with Crippen LogP contribution in [0.3, 0.4) is 0 Å². The van der Waals surface area contributed by atoms with E-state index >= 15 is 0 Å². The molecule has 0 aliphatic heterocycles. The number of halogens is 1. The van der Waals surface area contributed by atoms with Crippen LogP contribution in [-0.2, 0) is 4.79 Å². The zero-order chi connectivity index (χ0) is 17.6. The van der Waals surface area contributed by atoms with Crippen LogP contribution in [0, 0.1) is 5.82 Å². The van der Waals surface area contributed by atoms with Crippen LogP contribution in [0.15, 0.2) is 48.7 Å². The average Bonchev–Trinajstić information content (AvgIpc) is 3.04. The van der Waals surface area contributed by atoms with E-state index in [2.05, 4.69) is 15.5 Å². The lowest BCUT2D eigenvalue weighted by Gasteiger charge is -2.12. The lowest BCUT2D eigenvalue weighted by atomic mass is 10.2. The van der Waals surface area contributed by atoms with Crippen molar-refractivity contribution in [2.45, 2.75) is 25.8 Å². The Hall–Kier alpha value is -2.96. The van der Waals surface area contributed by atoms with Gasteiger partial charge in [-0.25, -0.2) is 4.39 Å². The Kier molecular flexibility index (Phi) is 5.23. The first kappa shape index (κ1) is 16.9. The molecular formula is C18H19FN4O2. The quantitative estimate of drug-likeness (QED) is 0.670. The molecule has 2 aromatic heterocycles. The molecule has 0 aliphatic rings. The average molecular weight is 342 g/mol. The fourth-order valence-electron chi connectivity index (χ4n) is 2.51. The first-order chi connectivity index (χ1) is 12.1. The van der Waals surface area contributed by atoms with Gasteiger partial charge in [-0.05, 0) is 37.6 Å². The Morgan fingerprint density at radius 1 is 1.24 bits per heavy atom. The van der Waals surface area contributed by atoms with Gasteiger partial charge in [-0.15, -0.1) is 10.2 Å². The minimum atomic E-state index is -0.403. The van der Waals surface area contributed by atoms with Crippen LogP contribution in [0.5, 0.6) is 5.75 Å². The van der Waals surface area contributed by atoms with E-state index in [1.807, 2.05) is 35.7 Å². The summed E-state index contributed by atoms with van der Waals surface area (Å²) < 4.78 is 20.6. The third-order valence-corrected chi connectivity index (χ3v) is 3.75. The van der Waals surface area contributed by atoms with Crippen molar-refractivity contribution in [3.63, 3.8) is 0 Å². The van der Waals surface area contributed by atoms with E-state index in [1.54, 1.807) is 18.2 Å². The molecule has 0 bridgehead atoms. The van der Waals surface area contributed by atoms with E-state index in [4.69, 9.17) is 4.74 Å². The number of hydrogen-bond donors (Lipinski definition) is 1. The second-order valence-corrected chi connectivity index (χ2v) is 5.66. The first-order valence-electron chi connectivity index (χ1n) is 8.11. The fraction of sp³-hybridized carbons (Fsp3) is 0.278. The lowest BCUT2D eigenvalue weighted by molar-refractivity contribution is -0.122. The molecule has 6 nitrogen and oxygen atoms in total. The molecule has 2 heterocycles. The molecule has 1 amide bonds. The van der Waals surface area contributed by atoms with Crippen molar-refractivity contribution < 1.29 is 13.9 Å². The molecule has 0 saturated heterocycles. The normalized spacial score (nSPS) is 12.1. The first-order valence-corrected chi connectivity index (χ1v) is 8.11. The van der Waals surface area contributed by atoms with Crippen LogP contribution in [0.25, 0.3) is 5.65 Å². The number of ether oxygens (including phenoxy) is 1. The number of para-hydroxylation sites is 1. The number of nitrogens with one attached hydrogen (secondary N) is 1. The van der Waals surface area contributed by atoms with Gasteiger partial charge in [0.1, 0.15) is 0 Å². The Morgan fingerprint density at radius 2 is 2.04 bits per heavy atom. The SMILES string of the molecule is CC(NC(=O)CCCOc1ccccc1F)c1nnc2ccccn12. The molecule has 1 N–H and O–H groups in total. The summed E-state index contributed by atoms with van der Waals surface area (Å²) in [6.07, 6.45) is 2.64. The molecule has 1 aromatic carbocycles. The van der Waals surface area contributed by atoms with E-state index < -0.39 is 5.82 Å². The minimum Gasteiger partial charge on any atom is -0.491 e. The van der Waals surface area contributed by atoms with Crippen molar-refractivity contribution in [1.29, 1.82) is 0 Å². The number of aromatic nitrogens is 3. The third-order valence-electron chi connectivity index (χ3n) is 3.75. The number of amides is 1. The highest BCUT2D eigenvalue weighted by atomic mass is 19.1. The summed E-state index contributed by atoms with van der Waals surface area (Å²) in [6, 6.07) is 11.6. The van der Waals surface area contributed by atoms with Gasteiger partial charge in [0.2, 0.25) is 5.91 Å². The van der Waals surface area contributed by atoms with Crippen molar-refractivity contribution in [1.82, 2.24) is 19.9 Å². The monoisotopic (exact) mass is 342 g/mol. The predicted molar refractivity (Wildman–Crippen MR) is 90.7 cm³/mol. The summed E-state index contributed by atoms with van der Waals surface area (Å²) in [6.45, 7) is 2.13. The van der Waals surface area contributed by atoms with Crippen LogP contribution in [-0.4, -0.2) is 27.1 Å². The minimum absolute atomic E-state index is 0.114. The van der Waals surface area contributed by atoms with Crippen molar-refractivity contribution in [2.75, 3.05) is 6.61 Å². The molecule has 25 heavy (non-hydrogen) atoms. The van der Waals surface area contributed by atoms with Crippen LogP contribution in [0.4, 0.5) is 4.39 Å². The molecule has 7 heteroatoms. The van der Waals surface area contributed by atoms with Gasteiger partial charge in [-0.2, -0.15) is 0 Å². The van der Waals surface area contributed by atoms with E-state index in [0.717, 1.165) is 5.65 Å². The van der Waals surface area contributed by atoms with Crippen LogP contribution in [0.1, 0.15) is 31.6 Å². The Morgan fingerprint density at radius 3 is 2.88 bits per heavy atom. The van der Waals surface area contributed by atoms with Crippen LogP contribution < -0.4 is 10.1 Å². The third kappa shape index (κ3) is 4.12. The number of pyridine rings is 1. The highest BCUT2D eigenvalue weighted by molar-refractivity contribution is 5.76. The number of nitrogens with zero attached hydrogens (tertiary/aromatic N) is 3. The molecule has 3 rings (SSSR count). The summed E-state index contributed by atoms with van der Waals surface area (Å²) in [5.74, 6) is 0.356. The second-order valence-electron chi connectivity index (χ2n) is 5.66. The van der Waals surface area contributed by atoms with E-state index in [1.165, 1.54) is 6.07 Å². The van der Waals surface area contributed by atoms with Gasteiger partial charge in [-0.3, -0.25) is 9.20 Å². The van der Waals surface area contributed by atoms with Crippen molar-refractivity contribution in [3.8, 4) is 5.75 Å². The topological polar surface area (TPSA) is 68.5 Å². The van der Waals surface area contributed by atoms with Gasteiger partial charge in [0.15, 0.2) is 23.0 Å². The Bertz CT molecular complexity index is 865. The van der Waals surface area contributed by atoms with Crippen molar-refractivity contribution >= 4 is 11.6 Å². The lowest BCUT2D eigenvalue weighted by Crippen LogP contribution is -2.28. The molecule has 0 aliphatic carbocycles. The number of fused-ring (bicyclic) bond motifs is 1. The molecule has 1 unspecified atom stereocenters. The fourth-order valence-corrected chi connectivity index (χ4v) is 2.51. The molecule has 130 valence electrons. The van der Waals surface area contributed by atoms with Gasteiger partial charge in [0, 0.05) is 12.6 Å². The van der Waals surface area contributed by atoms with Gasteiger partial charge < -0.3 is 10.1 Å². The molecule has 1 atom stereocenters. The molecular weight excluding hydrogens is 323 g/mol. The smallest absolute Gasteiger partial charge is 0.220 e. The summed E-state index contributed by atoms with van der Waals surface area (Å²) in [5.41, 5.74) is 0.733. The van der Waals surface area contributed by atoms with Crippen molar-refractivity contribution in [3.05, 3.63) is 60.3 Å². The van der Waals surface area contributed by atoms with Gasteiger partial charge in [-0.1, -0.05) is 18.2 Å². The number of benzene rings is 1. The van der Waals surface area contributed by atoms with Gasteiger partial charge in [0.05, 0.1) is 12.6 Å². The molecule has 0 fully saturated rings. The summed E-state index contributed by atoms with van der Waals surface area (Å²) in [5, 5.41) is 11.1. The zero-order valence-electron chi connectivity index (χ0n) is 13.9. The largest absolute Gasteiger partial charge is 0.491 e. The van der Waals surface area contributed by atoms with E-state index in [0.29, 0.717) is 12.2 Å². The maximum atomic E-state index is 13.4. The highest BCUT2D eigenvalue weighted by Crippen LogP contribution is 2.16. The van der Waals surface area contributed by atoms with Crippen LogP contribution >= 0.6 is 0 Å². The number of rotatable bonds is 7. The van der Waals surface area contributed by atoms with Crippen LogP contribution in [0.2, 0.25) is 0 Å². The maximum absolute atomic E-state index is 13.4. The van der Waals surface area contributed by atoms with E-state index in [9.17, 15) is 9.18 Å². The van der Waals surface area contributed by atoms with Crippen molar-refractivity contribution in [2.24, 2.45) is 0 Å². The molecule has 3 aromatic rings. The van der Waals surface area contributed by atoms with Gasteiger partial charge >= 0.3 is 0 Å². The standard InChI is InChI=1S/C18H19FN4O2/c1-13(18-22-21-16-9-4-5-11-23(16)18)20-17(24)10-6-12-25-15-8-3-2-7-14(15)19/h2-5,7-9,11,13H,6,10,12H2,1H3,(H,20,24).